The second-order valence-electron chi connectivity index (χ2n) is 2.69. The number of hydrogen-bond donors (Lipinski definition) is 2. The van der Waals surface area contributed by atoms with Crippen LogP contribution in [0.5, 0.6) is 5.88 Å². The second-order valence-corrected chi connectivity index (χ2v) is 2.69. The van der Waals surface area contributed by atoms with Crippen molar-refractivity contribution in [3.8, 4) is 5.88 Å². The minimum Gasteiger partial charge on any atom is -0.477 e. The molecular weight excluding hydrogens is 186 g/mol. The molecule has 0 aliphatic carbocycles. The summed E-state index contributed by atoms with van der Waals surface area (Å²) in [6.45, 7) is 1.53. The van der Waals surface area contributed by atoms with Gasteiger partial charge in [-0.15, -0.1) is 0 Å². The first-order valence-electron chi connectivity index (χ1n) is 4.09. The van der Waals surface area contributed by atoms with E-state index in [4.69, 9.17) is 14.9 Å². The monoisotopic (exact) mass is 197 g/mol. The van der Waals surface area contributed by atoms with Crippen molar-refractivity contribution in [3.63, 3.8) is 0 Å². The van der Waals surface area contributed by atoms with Crippen molar-refractivity contribution in [2.24, 2.45) is 0 Å². The largest absolute Gasteiger partial charge is 0.477 e. The fourth-order valence-corrected chi connectivity index (χ4v) is 1.05. The Balaban J connectivity index is 3.02. The predicted molar refractivity (Wildman–Crippen MR) is 48.5 cm³/mol. The Morgan fingerprint density at radius 2 is 2.36 bits per heavy atom. The molecule has 0 aromatic carbocycles. The molecule has 1 aromatic heterocycles. The Kier molecular flexibility index (Phi) is 3.41. The van der Waals surface area contributed by atoms with E-state index in [1.165, 1.54) is 6.20 Å². The smallest absolute Gasteiger partial charge is 0.341 e. The van der Waals surface area contributed by atoms with Gasteiger partial charge in [-0.25, -0.2) is 9.78 Å². The van der Waals surface area contributed by atoms with Crippen LogP contribution in [0, 0.1) is 6.92 Å². The van der Waals surface area contributed by atoms with Gasteiger partial charge < -0.3 is 14.9 Å². The third kappa shape index (κ3) is 2.20. The summed E-state index contributed by atoms with van der Waals surface area (Å²) in [5.41, 5.74) is 0.626. The van der Waals surface area contributed by atoms with Gasteiger partial charge in [0.25, 0.3) is 0 Å². The first-order chi connectivity index (χ1) is 6.66. The molecule has 1 heterocycles. The molecule has 0 saturated carbocycles. The molecule has 0 atom stereocenters. The molecule has 5 heteroatoms. The Morgan fingerprint density at radius 1 is 1.64 bits per heavy atom. The number of ether oxygens (including phenoxy) is 1. The van der Waals surface area contributed by atoms with Crippen LogP contribution in [0.2, 0.25) is 0 Å². The van der Waals surface area contributed by atoms with Crippen molar-refractivity contribution < 1.29 is 19.7 Å². The van der Waals surface area contributed by atoms with Gasteiger partial charge >= 0.3 is 5.97 Å². The molecule has 0 bridgehead atoms. The zero-order valence-corrected chi connectivity index (χ0v) is 7.73. The number of pyridine rings is 1. The van der Waals surface area contributed by atoms with E-state index < -0.39 is 5.97 Å². The van der Waals surface area contributed by atoms with Gasteiger partial charge in [-0.2, -0.15) is 0 Å². The fourth-order valence-electron chi connectivity index (χ4n) is 1.05. The van der Waals surface area contributed by atoms with Gasteiger partial charge in [0.15, 0.2) is 0 Å². The van der Waals surface area contributed by atoms with Gasteiger partial charge in [-0.05, 0) is 18.6 Å². The molecular formula is C9H11NO4. The zero-order chi connectivity index (χ0) is 10.6. The minimum atomic E-state index is -1.08. The fraction of sp³-hybridized carbons (Fsp3) is 0.333. The molecule has 14 heavy (non-hydrogen) atoms. The van der Waals surface area contributed by atoms with Crippen molar-refractivity contribution in [1.29, 1.82) is 0 Å². The highest BCUT2D eigenvalue weighted by molar-refractivity contribution is 5.91. The normalized spacial score (nSPS) is 9.86. The molecule has 0 radical (unpaired) electrons. The third-order valence-electron chi connectivity index (χ3n) is 1.67. The Morgan fingerprint density at radius 3 is 2.93 bits per heavy atom. The van der Waals surface area contributed by atoms with Gasteiger partial charge in [0, 0.05) is 6.20 Å². The van der Waals surface area contributed by atoms with Gasteiger partial charge in [-0.1, -0.05) is 0 Å². The van der Waals surface area contributed by atoms with Gasteiger partial charge in [0.05, 0.1) is 6.61 Å². The Hall–Kier alpha value is -1.62. The molecule has 0 aliphatic rings. The first-order valence-corrected chi connectivity index (χ1v) is 4.09. The summed E-state index contributed by atoms with van der Waals surface area (Å²) in [7, 11) is 0. The van der Waals surface area contributed by atoms with Gasteiger partial charge in [0.2, 0.25) is 5.88 Å². The highest BCUT2D eigenvalue weighted by Gasteiger charge is 2.15. The lowest BCUT2D eigenvalue weighted by atomic mass is 10.1. The number of aromatic carboxylic acids is 1. The van der Waals surface area contributed by atoms with Crippen LogP contribution in [0.4, 0.5) is 0 Å². The number of carboxylic acids is 1. The molecule has 1 rings (SSSR count). The number of nitrogens with zero attached hydrogens (tertiary/aromatic N) is 1. The molecule has 0 aliphatic heterocycles. The first kappa shape index (κ1) is 10.5. The highest BCUT2D eigenvalue weighted by Crippen LogP contribution is 2.18. The second kappa shape index (κ2) is 4.57. The van der Waals surface area contributed by atoms with E-state index in [1.54, 1.807) is 13.0 Å². The predicted octanol–water partition coefficient (Wildman–Crippen LogP) is 0.459. The van der Waals surface area contributed by atoms with Crippen molar-refractivity contribution in [2.45, 2.75) is 6.92 Å². The van der Waals surface area contributed by atoms with Crippen LogP contribution in [-0.4, -0.2) is 34.4 Å². The summed E-state index contributed by atoms with van der Waals surface area (Å²) >= 11 is 0. The number of aliphatic hydroxyl groups excluding tert-OH is 1. The average molecular weight is 197 g/mol. The molecule has 5 nitrogen and oxygen atoms in total. The maximum Gasteiger partial charge on any atom is 0.341 e. The summed E-state index contributed by atoms with van der Waals surface area (Å²) < 4.78 is 4.99. The highest BCUT2D eigenvalue weighted by atomic mass is 16.5. The number of aryl methyl sites for hydroxylation is 1. The van der Waals surface area contributed by atoms with Crippen LogP contribution in [0.25, 0.3) is 0 Å². The van der Waals surface area contributed by atoms with E-state index in [9.17, 15) is 4.79 Å². The topological polar surface area (TPSA) is 79.7 Å². The molecule has 0 fully saturated rings. The molecule has 0 spiro atoms. The maximum atomic E-state index is 10.8. The van der Waals surface area contributed by atoms with Crippen LogP contribution in [0.1, 0.15) is 15.9 Å². The molecule has 0 amide bonds. The molecule has 76 valence electrons. The van der Waals surface area contributed by atoms with Crippen molar-refractivity contribution in [1.82, 2.24) is 4.98 Å². The summed E-state index contributed by atoms with van der Waals surface area (Å²) in [6.07, 6.45) is 1.47. The van der Waals surface area contributed by atoms with Crippen molar-refractivity contribution in [2.75, 3.05) is 13.2 Å². The summed E-state index contributed by atoms with van der Waals surface area (Å²) in [4.78, 5) is 14.6. The van der Waals surface area contributed by atoms with Crippen molar-refractivity contribution >= 4 is 5.97 Å². The number of rotatable bonds is 4. The summed E-state index contributed by atoms with van der Waals surface area (Å²) in [5, 5.41) is 17.4. The lowest BCUT2D eigenvalue weighted by Gasteiger charge is -2.07. The van der Waals surface area contributed by atoms with E-state index in [2.05, 4.69) is 4.98 Å². The average Bonchev–Trinajstić information content (AvgIpc) is 2.14. The van der Waals surface area contributed by atoms with E-state index >= 15 is 0 Å². The number of aromatic nitrogens is 1. The molecule has 2 N–H and O–H groups in total. The number of carboxylic acid groups (broad SMARTS) is 1. The van der Waals surface area contributed by atoms with E-state index in [1.807, 2.05) is 0 Å². The van der Waals surface area contributed by atoms with Crippen LogP contribution < -0.4 is 4.74 Å². The van der Waals surface area contributed by atoms with Crippen molar-refractivity contribution in [3.05, 3.63) is 23.4 Å². The Bertz CT molecular complexity index is 338. The standard InChI is InChI=1S/C9H11NO4/c1-6-2-3-10-8(14-5-4-11)7(6)9(12)13/h2-3,11H,4-5H2,1H3,(H,12,13). The van der Waals surface area contributed by atoms with Gasteiger partial charge in [-0.3, -0.25) is 0 Å². The van der Waals surface area contributed by atoms with Crippen LogP contribution >= 0.6 is 0 Å². The number of aliphatic hydroxyl groups is 1. The lowest BCUT2D eigenvalue weighted by molar-refractivity contribution is 0.0688. The number of carbonyl (C=O) groups is 1. The van der Waals surface area contributed by atoms with E-state index in [0.717, 1.165) is 0 Å². The molecule has 0 unspecified atom stereocenters. The van der Waals surface area contributed by atoms with E-state index in [0.29, 0.717) is 5.56 Å². The summed E-state index contributed by atoms with van der Waals surface area (Å²) in [6, 6.07) is 1.59. The van der Waals surface area contributed by atoms with Gasteiger partial charge in [0.1, 0.15) is 12.2 Å². The summed E-state index contributed by atoms with van der Waals surface area (Å²) in [5.74, 6) is -1.03. The SMILES string of the molecule is Cc1ccnc(OCCO)c1C(=O)O. The van der Waals surface area contributed by atoms with Crippen LogP contribution in [0.3, 0.4) is 0 Å². The lowest BCUT2D eigenvalue weighted by Crippen LogP contribution is -2.09. The molecule has 1 aromatic rings. The van der Waals surface area contributed by atoms with E-state index in [-0.39, 0.29) is 24.7 Å². The zero-order valence-electron chi connectivity index (χ0n) is 7.73. The minimum absolute atomic E-state index is 0.0384. The van der Waals surface area contributed by atoms with Crippen LogP contribution in [-0.2, 0) is 0 Å². The Labute approximate surface area is 81.0 Å². The number of hydrogen-bond acceptors (Lipinski definition) is 4. The van der Waals surface area contributed by atoms with Crippen LogP contribution in [0.15, 0.2) is 12.3 Å². The molecule has 0 saturated heterocycles. The maximum absolute atomic E-state index is 10.8. The third-order valence-corrected chi connectivity index (χ3v) is 1.67. The quantitative estimate of drug-likeness (QED) is 0.733.